The largest absolute Gasteiger partial charge is 0.408 e. The van der Waals surface area contributed by atoms with Crippen molar-refractivity contribution in [1.82, 2.24) is 24.4 Å². The van der Waals surface area contributed by atoms with E-state index < -0.39 is 18.5 Å². The fourth-order valence-electron chi connectivity index (χ4n) is 3.79. The topological polar surface area (TPSA) is 48.0 Å². The summed E-state index contributed by atoms with van der Waals surface area (Å²) in [6.45, 7) is -1.33. The number of aromatic nitrogens is 5. The molecule has 3 aromatic heterocycles. The first-order chi connectivity index (χ1) is 13.3. The summed E-state index contributed by atoms with van der Waals surface area (Å²) in [6.07, 6.45) is 0.684. The Balaban J connectivity index is 1.55. The van der Waals surface area contributed by atoms with Crippen LogP contribution in [0.25, 0.3) is 16.6 Å². The van der Waals surface area contributed by atoms with Crippen molar-refractivity contribution in [3.63, 3.8) is 0 Å². The zero-order valence-electron chi connectivity index (χ0n) is 14.2. The lowest BCUT2D eigenvalue weighted by molar-refractivity contribution is -0.141. The number of hydrogen-bond acceptors (Lipinski definition) is 3. The molecule has 5 rings (SSSR count). The number of imidazole rings is 1. The van der Waals surface area contributed by atoms with Crippen LogP contribution in [0.2, 0.25) is 5.15 Å². The van der Waals surface area contributed by atoms with Crippen molar-refractivity contribution < 1.29 is 17.6 Å². The van der Waals surface area contributed by atoms with Crippen LogP contribution in [0, 0.1) is 5.82 Å². The summed E-state index contributed by atoms with van der Waals surface area (Å²) in [5, 5.41) is 8.47. The number of fused-ring (bicyclic) bond motifs is 2. The quantitative estimate of drug-likeness (QED) is 0.461. The third-order valence-corrected chi connectivity index (χ3v) is 5.23. The van der Waals surface area contributed by atoms with E-state index in [4.69, 9.17) is 11.6 Å². The van der Waals surface area contributed by atoms with Gasteiger partial charge in [0, 0.05) is 23.3 Å². The van der Waals surface area contributed by atoms with Crippen LogP contribution < -0.4 is 0 Å². The SMILES string of the molecule is Fc1c(C2CC2c2cc(Cl)nn3ccnc23)ccc2cnn(CC(F)(F)F)c12. The maximum atomic E-state index is 15.2. The molecule has 5 nitrogen and oxygen atoms in total. The van der Waals surface area contributed by atoms with Crippen molar-refractivity contribution in [1.29, 1.82) is 0 Å². The van der Waals surface area contributed by atoms with Crippen LogP contribution in [-0.4, -0.2) is 30.6 Å². The predicted molar refractivity (Wildman–Crippen MR) is 93.8 cm³/mol. The molecule has 0 amide bonds. The predicted octanol–water partition coefficient (Wildman–Crippen LogP) is 4.70. The third kappa shape index (κ3) is 2.81. The standard InChI is InChI=1S/C18H12ClF4N5/c19-14-6-13(17-24-3-4-27(17)26-14)12-5-11(12)10-2-1-9-7-25-28(8-18(21,22)23)16(9)15(10)20/h1-4,6-7,11-12H,5,8H2. The molecule has 0 aliphatic heterocycles. The fourth-order valence-corrected chi connectivity index (χ4v) is 3.99. The zero-order valence-corrected chi connectivity index (χ0v) is 14.9. The average molecular weight is 410 g/mol. The van der Waals surface area contributed by atoms with Gasteiger partial charge in [-0.05, 0) is 29.9 Å². The molecule has 1 aliphatic carbocycles. The van der Waals surface area contributed by atoms with Gasteiger partial charge >= 0.3 is 6.18 Å². The van der Waals surface area contributed by atoms with Gasteiger partial charge in [-0.3, -0.25) is 4.68 Å². The van der Waals surface area contributed by atoms with Crippen LogP contribution in [0.5, 0.6) is 0 Å². The van der Waals surface area contributed by atoms with Crippen LogP contribution in [0.4, 0.5) is 17.6 Å². The maximum absolute atomic E-state index is 15.2. The molecule has 0 saturated heterocycles. The number of hydrogen-bond donors (Lipinski definition) is 0. The van der Waals surface area contributed by atoms with E-state index in [9.17, 15) is 13.2 Å². The number of alkyl halides is 3. The molecular weight excluding hydrogens is 398 g/mol. The fraction of sp³-hybridized carbons (Fsp3) is 0.278. The van der Waals surface area contributed by atoms with E-state index in [1.165, 1.54) is 6.20 Å². The molecule has 10 heteroatoms. The second-order valence-corrected chi connectivity index (χ2v) is 7.28. The zero-order chi connectivity index (χ0) is 19.6. The van der Waals surface area contributed by atoms with Gasteiger partial charge in [0.2, 0.25) is 0 Å². The molecule has 1 fully saturated rings. The van der Waals surface area contributed by atoms with E-state index in [0.29, 0.717) is 32.9 Å². The summed E-state index contributed by atoms with van der Waals surface area (Å²) in [6, 6.07) is 4.93. The number of nitrogens with zero attached hydrogens (tertiary/aromatic N) is 5. The molecule has 2 unspecified atom stereocenters. The van der Waals surface area contributed by atoms with Gasteiger partial charge in [0.15, 0.2) is 11.5 Å². The minimum Gasteiger partial charge on any atom is -0.253 e. The van der Waals surface area contributed by atoms with Gasteiger partial charge in [-0.2, -0.15) is 23.4 Å². The molecule has 0 N–H and O–H groups in total. The van der Waals surface area contributed by atoms with E-state index in [1.807, 2.05) is 0 Å². The Morgan fingerprint density at radius 2 is 1.96 bits per heavy atom. The second kappa shape index (κ2) is 5.91. The van der Waals surface area contributed by atoms with Crippen molar-refractivity contribution in [3.05, 3.63) is 58.9 Å². The van der Waals surface area contributed by atoms with Crippen molar-refractivity contribution in [3.8, 4) is 0 Å². The van der Waals surface area contributed by atoms with Gasteiger partial charge in [-0.1, -0.05) is 23.7 Å². The Hall–Kier alpha value is -2.68. The van der Waals surface area contributed by atoms with E-state index in [0.717, 1.165) is 5.56 Å². The highest BCUT2D eigenvalue weighted by Gasteiger charge is 2.43. The van der Waals surface area contributed by atoms with Gasteiger partial charge in [0.1, 0.15) is 17.2 Å². The number of halogens is 5. The molecule has 4 aromatic rings. The molecule has 1 aromatic carbocycles. The lowest BCUT2D eigenvalue weighted by atomic mass is 10.0. The minimum atomic E-state index is -4.48. The minimum absolute atomic E-state index is 0.0312. The molecule has 0 spiro atoms. The van der Waals surface area contributed by atoms with Crippen LogP contribution >= 0.6 is 11.6 Å². The molecule has 1 aliphatic rings. The van der Waals surface area contributed by atoms with Crippen LogP contribution in [0.3, 0.4) is 0 Å². The van der Waals surface area contributed by atoms with Crippen molar-refractivity contribution in [2.24, 2.45) is 0 Å². The Labute approximate surface area is 160 Å². The smallest absolute Gasteiger partial charge is 0.253 e. The summed E-state index contributed by atoms with van der Waals surface area (Å²) < 4.78 is 55.7. The van der Waals surface area contributed by atoms with Gasteiger partial charge in [0.25, 0.3) is 0 Å². The Morgan fingerprint density at radius 1 is 1.18 bits per heavy atom. The number of rotatable bonds is 3. The molecule has 144 valence electrons. The maximum Gasteiger partial charge on any atom is 0.408 e. The summed E-state index contributed by atoms with van der Waals surface area (Å²) >= 11 is 6.07. The highest BCUT2D eigenvalue weighted by Crippen LogP contribution is 2.56. The molecule has 1 saturated carbocycles. The van der Waals surface area contributed by atoms with E-state index in [-0.39, 0.29) is 17.4 Å². The van der Waals surface area contributed by atoms with E-state index >= 15 is 4.39 Å². The van der Waals surface area contributed by atoms with Crippen molar-refractivity contribution >= 4 is 28.2 Å². The highest BCUT2D eigenvalue weighted by molar-refractivity contribution is 6.29. The van der Waals surface area contributed by atoms with Gasteiger partial charge in [0.05, 0.1) is 6.20 Å². The number of benzene rings is 1. The van der Waals surface area contributed by atoms with Gasteiger partial charge in [-0.15, -0.1) is 0 Å². The molecular formula is C18H12ClF4N5. The Kier molecular flexibility index (Phi) is 3.67. The first kappa shape index (κ1) is 17.4. The van der Waals surface area contributed by atoms with Crippen LogP contribution in [-0.2, 0) is 6.54 Å². The first-order valence-electron chi connectivity index (χ1n) is 8.52. The molecule has 0 bridgehead atoms. The summed E-state index contributed by atoms with van der Waals surface area (Å²) in [5.41, 5.74) is 1.73. The summed E-state index contributed by atoms with van der Waals surface area (Å²) in [7, 11) is 0. The Bertz CT molecular complexity index is 1210. The van der Waals surface area contributed by atoms with Gasteiger partial charge < -0.3 is 0 Å². The highest BCUT2D eigenvalue weighted by atomic mass is 35.5. The van der Waals surface area contributed by atoms with Crippen LogP contribution in [0.1, 0.15) is 29.4 Å². The molecule has 0 radical (unpaired) electrons. The van der Waals surface area contributed by atoms with E-state index in [2.05, 4.69) is 15.2 Å². The van der Waals surface area contributed by atoms with Crippen molar-refractivity contribution in [2.75, 3.05) is 0 Å². The normalized spacial score (nSPS) is 19.6. The lowest BCUT2D eigenvalue weighted by Gasteiger charge is -2.10. The first-order valence-corrected chi connectivity index (χ1v) is 8.90. The van der Waals surface area contributed by atoms with Crippen LogP contribution in [0.15, 0.2) is 36.8 Å². The molecule has 2 atom stereocenters. The third-order valence-electron chi connectivity index (χ3n) is 5.05. The van der Waals surface area contributed by atoms with Crippen molar-refractivity contribution in [2.45, 2.75) is 31.0 Å². The average Bonchev–Trinajstić information content (AvgIpc) is 3.05. The summed E-state index contributed by atoms with van der Waals surface area (Å²) in [5.74, 6) is -0.861. The lowest BCUT2D eigenvalue weighted by Crippen LogP contribution is -2.19. The molecule has 3 heterocycles. The molecule has 28 heavy (non-hydrogen) atoms. The Morgan fingerprint density at radius 3 is 2.75 bits per heavy atom. The second-order valence-electron chi connectivity index (χ2n) is 6.89. The van der Waals surface area contributed by atoms with Gasteiger partial charge in [-0.25, -0.2) is 13.9 Å². The monoisotopic (exact) mass is 409 g/mol. The summed E-state index contributed by atoms with van der Waals surface area (Å²) in [4.78, 5) is 4.28. The van der Waals surface area contributed by atoms with E-state index in [1.54, 1.807) is 35.1 Å².